The van der Waals surface area contributed by atoms with Crippen molar-refractivity contribution in [3.05, 3.63) is 18.6 Å². The van der Waals surface area contributed by atoms with Crippen LogP contribution in [0.5, 0.6) is 0 Å². The van der Waals surface area contributed by atoms with E-state index in [1.54, 1.807) is 0 Å². The molecule has 102 valence electrons. The molecule has 0 bridgehead atoms. The Kier molecular flexibility index (Phi) is 3.38. The maximum Gasteiger partial charge on any atom is 0.156 e. The third kappa shape index (κ3) is 2.18. The minimum absolute atomic E-state index is 0.224. The van der Waals surface area contributed by atoms with E-state index in [-0.39, 0.29) is 6.61 Å². The Hall–Kier alpha value is -1.62. The van der Waals surface area contributed by atoms with Gasteiger partial charge in [-0.2, -0.15) is 0 Å². The molecule has 1 aliphatic rings. The maximum absolute atomic E-state index is 9.09. The Balaban J connectivity index is 1.98. The molecule has 1 fully saturated rings. The first-order valence-corrected chi connectivity index (χ1v) is 6.95. The van der Waals surface area contributed by atoms with Crippen LogP contribution in [0, 0.1) is 0 Å². The second kappa shape index (κ2) is 5.17. The Morgan fingerprint density at radius 3 is 2.95 bits per heavy atom. The van der Waals surface area contributed by atoms with Gasteiger partial charge < -0.3 is 14.6 Å². The minimum atomic E-state index is 0.224. The van der Waals surface area contributed by atoms with Gasteiger partial charge in [0.25, 0.3) is 0 Å². The summed E-state index contributed by atoms with van der Waals surface area (Å²) in [6.07, 6.45) is 8.19. The fourth-order valence-corrected chi connectivity index (χ4v) is 2.66. The maximum atomic E-state index is 9.09. The lowest BCUT2D eigenvalue weighted by Crippen LogP contribution is -2.41. The quantitative estimate of drug-likeness (QED) is 0.889. The normalized spacial score (nSPS) is 15.7. The highest BCUT2D eigenvalue weighted by molar-refractivity contribution is 5.86. The molecular formula is C14H20N4O. The molecule has 2 aromatic rings. The van der Waals surface area contributed by atoms with Crippen molar-refractivity contribution in [1.29, 1.82) is 0 Å². The van der Waals surface area contributed by atoms with Gasteiger partial charge in [0.1, 0.15) is 5.52 Å². The molecule has 0 aliphatic heterocycles. The van der Waals surface area contributed by atoms with Crippen molar-refractivity contribution in [2.75, 3.05) is 18.1 Å². The third-order valence-electron chi connectivity index (χ3n) is 3.97. The van der Waals surface area contributed by atoms with E-state index in [0.717, 1.165) is 29.8 Å². The number of anilines is 1. The van der Waals surface area contributed by atoms with E-state index < -0.39 is 0 Å². The topological polar surface area (TPSA) is 54.2 Å². The Bertz CT molecular complexity index is 562. The number of aliphatic hydroxyl groups is 1. The van der Waals surface area contributed by atoms with Crippen LogP contribution in [0.25, 0.3) is 11.0 Å². The summed E-state index contributed by atoms with van der Waals surface area (Å²) in [5, 5.41) is 9.09. The van der Waals surface area contributed by atoms with Crippen molar-refractivity contribution in [2.45, 2.75) is 31.7 Å². The Morgan fingerprint density at radius 1 is 1.42 bits per heavy atom. The van der Waals surface area contributed by atoms with E-state index in [4.69, 9.17) is 5.11 Å². The molecule has 3 rings (SSSR count). The van der Waals surface area contributed by atoms with Gasteiger partial charge in [-0.05, 0) is 31.7 Å². The highest BCUT2D eigenvalue weighted by Crippen LogP contribution is 2.31. The zero-order valence-corrected chi connectivity index (χ0v) is 11.3. The standard InChI is InChI=1S/C14H20N4O/c1-17-10-16-13-12(17)6-7-15-14(13)18(8-3-9-19)11-4-2-5-11/h6-7,10-11,19H,2-5,8-9H2,1H3. The molecule has 1 N–H and O–H groups in total. The van der Waals surface area contributed by atoms with Crippen molar-refractivity contribution in [3.63, 3.8) is 0 Å². The predicted molar refractivity (Wildman–Crippen MR) is 75.2 cm³/mol. The van der Waals surface area contributed by atoms with Crippen molar-refractivity contribution in [1.82, 2.24) is 14.5 Å². The second-order valence-corrected chi connectivity index (χ2v) is 5.21. The number of hydrogen-bond donors (Lipinski definition) is 1. The largest absolute Gasteiger partial charge is 0.396 e. The molecule has 5 heteroatoms. The van der Waals surface area contributed by atoms with Crippen LogP contribution in [0.2, 0.25) is 0 Å². The predicted octanol–water partition coefficient (Wildman–Crippen LogP) is 1.71. The van der Waals surface area contributed by atoms with Gasteiger partial charge in [-0.3, -0.25) is 0 Å². The summed E-state index contributed by atoms with van der Waals surface area (Å²) in [5.41, 5.74) is 2.08. The van der Waals surface area contributed by atoms with Gasteiger partial charge in [0, 0.05) is 32.4 Å². The summed E-state index contributed by atoms with van der Waals surface area (Å²) in [7, 11) is 2.00. The minimum Gasteiger partial charge on any atom is -0.396 e. The number of aliphatic hydroxyl groups excluding tert-OH is 1. The number of hydrogen-bond acceptors (Lipinski definition) is 4. The highest BCUT2D eigenvalue weighted by atomic mass is 16.3. The van der Waals surface area contributed by atoms with Gasteiger partial charge >= 0.3 is 0 Å². The number of pyridine rings is 1. The monoisotopic (exact) mass is 260 g/mol. The van der Waals surface area contributed by atoms with E-state index in [1.165, 1.54) is 19.3 Å². The summed E-state index contributed by atoms with van der Waals surface area (Å²) < 4.78 is 2.02. The zero-order chi connectivity index (χ0) is 13.2. The summed E-state index contributed by atoms with van der Waals surface area (Å²) >= 11 is 0. The van der Waals surface area contributed by atoms with Gasteiger partial charge in [-0.1, -0.05) is 0 Å². The zero-order valence-electron chi connectivity index (χ0n) is 11.3. The van der Waals surface area contributed by atoms with Crippen molar-refractivity contribution in [2.24, 2.45) is 7.05 Å². The number of nitrogens with zero attached hydrogens (tertiary/aromatic N) is 4. The van der Waals surface area contributed by atoms with Gasteiger partial charge in [0.05, 0.1) is 11.8 Å². The summed E-state index contributed by atoms with van der Waals surface area (Å²) in [5.74, 6) is 0.969. The van der Waals surface area contributed by atoms with Crippen LogP contribution in [0.1, 0.15) is 25.7 Å². The first-order chi connectivity index (χ1) is 9.31. The molecule has 0 unspecified atom stereocenters. The first kappa shape index (κ1) is 12.4. The fraction of sp³-hybridized carbons (Fsp3) is 0.571. The molecule has 0 amide bonds. The first-order valence-electron chi connectivity index (χ1n) is 6.95. The average molecular weight is 260 g/mol. The van der Waals surface area contributed by atoms with Crippen molar-refractivity contribution >= 4 is 16.9 Å². The molecule has 0 radical (unpaired) electrons. The average Bonchev–Trinajstić information content (AvgIpc) is 2.74. The molecule has 0 spiro atoms. The Labute approximate surface area is 112 Å². The van der Waals surface area contributed by atoms with Crippen LogP contribution in [0.3, 0.4) is 0 Å². The van der Waals surface area contributed by atoms with Crippen LogP contribution in [0.15, 0.2) is 18.6 Å². The van der Waals surface area contributed by atoms with E-state index >= 15 is 0 Å². The van der Waals surface area contributed by atoms with Crippen molar-refractivity contribution < 1.29 is 5.11 Å². The van der Waals surface area contributed by atoms with E-state index in [9.17, 15) is 0 Å². The lowest BCUT2D eigenvalue weighted by Gasteiger charge is -2.38. The van der Waals surface area contributed by atoms with Gasteiger partial charge in [0.15, 0.2) is 5.82 Å². The number of imidazole rings is 1. The summed E-state index contributed by atoms with van der Waals surface area (Å²) in [6.45, 7) is 1.07. The van der Waals surface area contributed by atoms with Crippen LogP contribution >= 0.6 is 0 Å². The smallest absolute Gasteiger partial charge is 0.156 e. The molecule has 0 saturated heterocycles. The van der Waals surface area contributed by atoms with Gasteiger partial charge in [-0.25, -0.2) is 9.97 Å². The molecule has 19 heavy (non-hydrogen) atoms. The van der Waals surface area contributed by atoms with Crippen LogP contribution in [-0.4, -0.2) is 38.8 Å². The SMILES string of the molecule is Cn1cnc2c(N(CCCO)C3CCC3)nccc21. The van der Waals surface area contributed by atoms with Gasteiger partial charge in [-0.15, -0.1) is 0 Å². The number of aromatic nitrogens is 3. The molecule has 0 atom stereocenters. The molecule has 0 aromatic carbocycles. The van der Waals surface area contributed by atoms with E-state index in [2.05, 4.69) is 14.9 Å². The molecule has 1 saturated carbocycles. The van der Waals surface area contributed by atoms with E-state index in [0.29, 0.717) is 6.04 Å². The molecule has 5 nitrogen and oxygen atoms in total. The second-order valence-electron chi connectivity index (χ2n) is 5.21. The number of aryl methyl sites for hydroxylation is 1. The molecule has 2 aromatic heterocycles. The molecule has 2 heterocycles. The lowest BCUT2D eigenvalue weighted by molar-refractivity contribution is 0.282. The summed E-state index contributed by atoms with van der Waals surface area (Å²) in [4.78, 5) is 11.4. The molecule has 1 aliphatic carbocycles. The van der Waals surface area contributed by atoms with Crippen molar-refractivity contribution in [3.8, 4) is 0 Å². The summed E-state index contributed by atoms with van der Waals surface area (Å²) in [6, 6.07) is 2.56. The van der Waals surface area contributed by atoms with E-state index in [1.807, 2.05) is 30.2 Å². The third-order valence-corrected chi connectivity index (χ3v) is 3.97. The fourth-order valence-electron chi connectivity index (χ4n) is 2.66. The highest BCUT2D eigenvalue weighted by Gasteiger charge is 2.27. The Morgan fingerprint density at radius 2 is 2.26 bits per heavy atom. The number of fused-ring (bicyclic) bond motifs is 1. The van der Waals surface area contributed by atoms with Crippen LogP contribution in [-0.2, 0) is 7.05 Å². The molecular weight excluding hydrogens is 240 g/mol. The van der Waals surface area contributed by atoms with Crippen LogP contribution in [0.4, 0.5) is 5.82 Å². The lowest BCUT2D eigenvalue weighted by atomic mass is 9.91. The van der Waals surface area contributed by atoms with Gasteiger partial charge in [0.2, 0.25) is 0 Å². The van der Waals surface area contributed by atoms with Crippen LogP contribution < -0.4 is 4.90 Å². The number of rotatable bonds is 5.